The molecule has 0 spiro atoms. The molecule has 0 N–H and O–H groups in total. The quantitative estimate of drug-likeness (QED) is 0.584. The van der Waals surface area contributed by atoms with Crippen molar-refractivity contribution in [2.24, 2.45) is 0 Å². The van der Waals surface area contributed by atoms with Crippen LogP contribution in [0.15, 0.2) is 72.8 Å². The van der Waals surface area contributed by atoms with E-state index in [4.69, 9.17) is 9.47 Å². The van der Waals surface area contributed by atoms with E-state index in [1.807, 2.05) is 18.2 Å². The summed E-state index contributed by atoms with van der Waals surface area (Å²) in [5.74, 6) is 0.861. The zero-order chi connectivity index (χ0) is 16.8. The van der Waals surface area contributed by atoms with Crippen LogP contribution in [0, 0.1) is 5.82 Å². The fourth-order valence-electron chi connectivity index (χ4n) is 2.33. The van der Waals surface area contributed by atoms with Gasteiger partial charge in [0.25, 0.3) is 0 Å². The maximum atomic E-state index is 14.3. The molecule has 0 aliphatic rings. The number of benzene rings is 3. The van der Waals surface area contributed by atoms with E-state index in [1.54, 1.807) is 48.5 Å². The lowest BCUT2D eigenvalue weighted by molar-refractivity contribution is 0.273. The molecule has 0 aromatic heterocycles. The Labute approximate surface area is 139 Å². The van der Waals surface area contributed by atoms with Crippen LogP contribution in [0.5, 0.6) is 17.2 Å². The third kappa shape index (κ3) is 3.71. The third-order valence-electron chi connectivity index (χ3n) is 3.44. The molecule has 3 aromatic carbocycles. The maximum absolute atomic E-state index is 14.3. The Balaban J connectivity index is 1.91. The summed E-state index contributed by atoms with van der Waals surface area (Å²) in [6, 6.07) is 20.9. The molecule has 0 aliphatic carbocycles. The fraction of sp³-hybridized carbons (Fsp3) is 0.100. The minimum Gasteiger partial charge on any atom is -0.491 e. The smallest absolute Gasteiger partial charge is 0.170 e. The predicted molar refractivity (Wildman–Crippen MR) is 89.8 cm³/mol. The normalized spacial score (nSPS) is 10.4. The Bertz CT molecular complexity index is 786. The standard InChI is InChI=1S/C20H16F2O2/c21-13-14-23-16-11-9-15(10-12-16)18-7-4-8-19(22)20(18)24-17-5-2-1-3-6-17/h1-12H,13-14H2. The molecule has 0 saturated heterocycles. The van der Waals surface area contributed by atoms with E-state index in [1.165, 1.54) is 6.07 Å². The summed E-state index contributed by atoms with van der Waals surface area (Å²) in [5, 5.41) is 0. The number of alkyl halides is 1. The highest BCUT2D eigenvalue weighted by atomic mass is 19.1. The average Bonchev–Trinajstić information content (AvgIpc) is 2.63. The van der Waals surface area contributed by atoms with Crippen LogP contribution < -0.4 is 9.47 Å². The van der Waals surface area contributed by atoms with Crippen LogP contribution >= 0.6 is 0 Å². The second kappa shape index (κ2) is 7.59. The van der Waals surface area contributed by atoms with Crippen LogP contribution in [0.25, 0.3) is 11.1 Å². The van der Waals surface area contributed by atoms with E-state index in [9.17, 15) is 8.78 Å². The first-order chi connectivity index (χ1) is 11.8. The van der Waals surface area contributed by atoms with Gasteiger partial charge in [0.05, 0.1) is 0 Å². The van der Waals surface area contributed by atoms with Gasteiger partial charge in [0.1, 0.15) is 24.8 Å². The lowest BCUT2D eigenvalue weighted by Gasteiger charge is -2.13. The van der Waals surface area contributed by atoms with Crippen LogP contribution in [-0.2, 0) is 0 Å². The molecule has 2 nitrogen and oxygen atoms in total. The van der Waals surface area contributed by atoms with E-state index in [2.05, 4.69) is 0 Å². The molecule has 3 aromatic rings. The predicted octanol–water partition coefficient (Wildman–Crippen LogP) is 5.63. The molecule has 0 heterocycles. The van der Waals surface area contributed by atoms with Gasteiger partial charge in [0.15, 0.2) is 11.6 Å². The Morgan fingerprint density at radius 3 is 2.21 bits per heavy atom. The molecule has 0 saturated carbocycles. The molecular formula is C20H16F2O2. The van der Waals surface area contributed by atoms with Crippen molar-refractivity contribution in [3.63, 3.8) is 0 Å². The van der Waals surface area contributed by atoms with E-state index < -0.39 is 12.5 Å². The Morgan fingerprint density at radius 1 is 0.750 bits per heavy atom. The summed E-state index contributed by atoms with van der Waals surface area (Å²) in [6.07, 6.45) is 0. The van der Waals surface area contributed by atoms with Gasteiger partial charge >= 0.3 is 0 Å². The lowest BCUT2D eigenvalue weighted by Crippen LogP contribution is -1.98. The number of rotatable bonds is 6. The molecule has 0 aliphatic heterocycles. The molecule has 24 heavy (non-hydrogen) atoms. The van der Waals surface area contributed by atoms with Crippen molar-refractivity contribution in [2.75, 3.05) is 13.3 Å². The monoisotopic (exact) mass is 326 g/mol. The van der Waals surface area contributed by atoms with Gasteiger partial charge < -0.3 is 9.47 Å². The average molecular weight is 326 g/mol. The first kappa shape index (κ1) is 16.0. The second-order valence-electron chi connectivity index (χ2n) is 5.09. The molecule has 4 heteroatoms. The van der Waals surface area contributed by atoms with Crippen molar-refractivity contribution in [2.45, 2.75) is 0 Å². The first-order valence-corrected chi connectivity index (χ1v) is 7.58. The van der Waals surface area contributed by atoms with Gasteiger partial charge in [-0.1, -0.05) is 42.5 Å². The Morgan fingerprint density at radius 2 is 1.50 bits per heavy atom. The lowest BCUT2D eigenvalue weighted by atomic mass is 10.0. The van der Waals surface area contributed by atoms with E-state index in [-0.39, 0.29) is 12.4 Å². The molecule has 0 amide bonds. The van der Waals surface area contributed by atoms with E-state index in [0.717, 1.165) is 5.56 Å². The number of hydrogen-bond donors (Lipinski definition) is 0. The summed E-state index contributed by atoms with van der Waals surface area (Å²) in [6.45, 7) is -0.525. The highest BCUT2D eigenvalue weighted by Crippen LogP contribution is 2.36. The molecule has 0 unspecified atom stereocenters. The minimum absolute atomic E-state index is 0.0156. The number of hydrogen-bond acceptors (Lipinski definition) is 2. The summed E-state index contributed by atoms with van der Waals surface area (Å²) in [5.41, 5.74) is 1.42. The van der Waals surface area contributed by atoms with Crippen LogP contribution in [0.1, 0.15) is 0 Å². The highest BCUT2D eigenvalue weighted by molar-refractivity contribution is 5.71. The maximum Gasteiger partial charge on any atom is 0.170 e. The third-order valence-corrected chi connectivity index (χ3v) is 3.44. The zero-order valence-corrected chi connectivity index (χ0v) is 12.9. The van der Waals surface area contributed by atoms with Gasteiger partial charge in [-0.2, -0.15) is 0 Å². The van der Waals surface area contributed by atoms with Gasteiger partial charge in [-0.05, 0) is 35.9 Å². The summed E-state index contributed by atoms with van der Waals surface area (Å²) < 4.78 is 37.4. The summed E-state index contributed by atoms with van der Waals surface area (Å²) >= 11 is 0. The molecule has 0 fully saturated rings. The van der Waals surface area contributed by atoms with Crippen LogP contribution in [0.3, 0.4) is 0 Å². The van der Waals surface area contributed by atoms with Gasteiger partial charge in [-0.3, -0.25) is 0 Å². The molecule has 122 valence electrons. The molecule has 0 radical (unpaired) electrons. The van der Waals surface area contributed by atoms with Crippen molar-refractivity contribution < 1.29 is 18.3 Å². The molecule has 3 rings (SSSR count). The number of para-hydroxylation sites is 2. The highest BCUT2D eigenvalue weighted by Gasteiger charge is 2.13. The van der Waals surface area contributed by atoms with E-state index in [0.29, 0.717) is 17.1 Å². The van der Waals surface area contributed by atoms with Crippen molar-refractivity contribution in [3.05, 3.63) is 78.6 Å². The van der Waals surface area contributed by atoms with Crippen molar-refractivity contribution in [3.8, 4) is 28.4 Å². The number of ether oxygens (including phenoxy) is 2. The van der Waals surface area contributed by atoms with Crippen molar-refractivity contribution >= 4 is 0 Å². The van der Waals surface area contributed by atoms with Gasteiger partial charge in [0, 0.05) is 5.56 Å². The fourth-order valence-corrected chi connectivity index (χ4v) is 2.33. The van der Waals surface area contributed by atoms with Gasteiger partial charge in [-0.25, -0.2) is 8.78 Å². The van der Waals surface area contributed by atoms with Gasteiger partial charge in [0.2, 0.25) is 0 Å². The van der Waals surface area contributed by atoms with Gasteiger partial charge in [-0.15, -0.1) is 0 Å². The molecule has 0 bridgehead atoms. The number of halogens is 2. The Hall–Kier alpha value is -2.88. The summed E-state index contributed by atoms with van der Waals surface area (Å²) in [7, 11) is 0. The van der Waals surface area contributed by atoms with Crippen molar-refractivity contribution in [1.82, 2.24) is 0 Å². The van der Waals surface area contributed by atoms with Crippen LogP contribution in [-0.4, -0.2) is 13.3 Å². The molecule has 0 atom stereocenters. The largest absolute Gasteiger partial charge is 0.491 e. The summed E-state index contributed by atoms with van der Waals surface area (Å²) in [4.78, 5) is 0. The van der Waals surface area contributed by atoms with Crippen molar-refractivity contribution in [1.29, 1.82) is 0 Å². The Kier molecular flexibility index (Phi) is 5.06. The van der Waals surface area contributed by atoms with Crippen LogP contribution in [0.4, 0.5) is 8.78 Å². The minimum atomic E-state index is -0.541. The topological polar surface area (TPSA) is 18.5 Å². The van der Waals surface area contributed by atoms with Crippen LogP contribution in [0.2, 0.25) is 0 Å². The molecular weight excluding hydrogens is 310 g/mol. The second-order valence-corrected chi connectivity index (χ2v) is 5.09. The van der Waals surface area contributed by atoms with E-state index >= 15 is 0 Å². The first-order valence-electron chi connectivity index (χ1n) is 7.58. The zero-order valence-electron chi connectivity index (χ0n) is 12.9. The SMILES string of the molecule is FCCOc1ccc(-c2cccc(F)c2Oc2ccccc2)cc1.